The van der Waals surface area contributed by atoms with Crippen LogP contribution in [0.15, 0.2) is 40.1 Å². The molecule has 0 unspecified atom stereocenters. The number of hydrogen-bond acceptors (Lipinski definition) is 4. The molecule has 2 aromatic rings. The standard InChI is InChI=1S/C18H27N5O/c1-4-15(5-2)17-11-16(24-23-17)13-22-18(19-3)21-10-8-14-7-6-9-20-12-14/h6-7,9,11-12,15H,4-5,8,10,13H2,1-3H3,(H2,19,21,22). The second kappa shape index (κ2) is 9.70. The Kier molecular flexibility index (Phi) is 7.26. The molecule has 0 radical (unpaired) electrons. The fourth-order valence-corrected chi connectivity index (χ4v) is 2.57. The highest BCUT2D eigenvalue weighted by Gasteiger charge is 2.13. The summed E-state index contributed by atoms with van der Waals surface area (Å²) in [5.41, 5.74) is 2.24. The molecule has 2 rings (SSSR count). The van der Waals surface area contributed by atoms with Gasteiger partial charge >= 0.3 is 0 Å². The molecule has 0 fully saturated rings. The molecular formula is C18H27N5O. The summed E-state index contributed by atoms with van der Waals surface area (Å²) < 4.78 is 5.41. The molecule has 0 aliphatic carbocycles. The number of pyridine rings is 1. The summed E-state index contributed by atoms with van der Waals surface area (Å²) in [5, 5.41) is 10.7. The van der Waals surface area contributed by atoms with Gasteiger partial charge in [-0.05, 0) is 30.9 Å². The van der Waals surface area contributed by atoms with Gasteiger partial charge in [-0.2, -0.15) is 0 Å². The van der Waals surface area contributed by atoms with Crippen molar-refractivity contribution in [3.63, 3.8) is 0 Å². The summed E-state index contributed by atoms with van der Waals surface area (Å²) in [5.74, 6) is 2.05. The highest BCUT2D eigenvalue weighted by atomic mass is 16.5. The van der Waals surface area contributed by atoms with Gasteiger partial charge in [0.1, 0.15) is 0 Å². The first-order valence-electron chi connectivity index (χ1n) is 8.55. The fourth-order valence-electron chi connectivity index (χ4n) is 2.57. The molecule has 24 heavy (non-hydrogen) atoms. The second-order valence-corrected chi connectivity index (χ2v) is 5.70. The normalized spacial score (nSPS) is 11.8. The average Bonchev–Trinajstić information content (AvgIpc) is 3.08. The average molecular weight is 329 g/mol. The zero-order valence-electron chi connectivity index (χ0n) is 14.7. The van der Waals surface area contributed by atoms with Gasteiger partial charge in [-0.15, -0.1) is 0 Å². The third kappa shape index (κ3) is 5.37. The lowest BCUT2D eigenvalue weighted by atomic mass is 9.99. The van der Waals surface area contributed by atoms with Gasteiger partial charge in [0.05, 0.1) is 12.2 Å². The first-order chi connectivity index (χ1) is 11.8. The van der Waals surface area contributed by atoms with Crippen LogP contribution in [0.5, 0.6) is 0 Å². The lowest BCUT2D eigenvalue weighted by Crippen LogP contribution is -2.37. The predicted octanol–water partition coefficient (Wildman–Crippen LogP) is 2.88. The van der Waals surface area contributed by atoms with Crippen LogP contribution in [0.3, 0.4) is 0 Å². The Bertz CT molecular complexity index is 619. The van der Waals surface area contributed by atoms with Crippen molar-refractivity contribution < 1.29 is 4.52 Å². The van der Waals surface area contributed by atoms with Gasteiger partial charge in [-0.25, -0.2) is 0 Å². The van der Waals surface area contributed by atoms with Crippen molar-refractivity contribution in [2.45, 2.75) is 45.6 Å². The largest absolute Gasteiger partial charge is 0.359 e. The van der Waals surface area contributed by atoms with E-state index < -0.39 is 0 Å². The SMILES string of the molecule is CCC(CC)c1cc(CNC(=NC)NCCc2cccnc2)on1. The molecule has 0 aromatic carbocycles. The molecule has 2 aromatic heterocycles. The lowest BCUT2D eigenvalue weighted by molar-refractivity contribution is 0.368. The van der Waals surface area contributed by atoms with Crippen LogP contribution in [0.4, 0.5) is 0 Å². The quantitative estimate of drug-likeness (QED) is 0.575. The van der Waals surface area contributed by atoms with E-state index in [0.717, 1.165) is 43.2 Å². The van der Waals surface area contributed by atoms with Crippen molar-refractivity contribution in [3.05, 3.63) is 47.6 Å². The van der Waals surface area contributed by atoms with Gasteiger partial charge in [0.25, 0.3) is 0 Å². The summed E-state index contributed by atoms with van der Waals surface area (Å²) >= 11 is 0. The number of guanidine groups is 1. The molecule has 0 aliphatic rings. The second-order valence-electron chi connectivity index (χ2n) is 5.70. The molecule has 2 N–H and O–H groups in total. The maximum absolute atomic E-state index is 5.41. The van der Waals surface area contributed by atoms with Crippen LogP contribution in [0.1, 0.15) is 49.6 Å². The summed E-state index contributed by atoms with van der Waals surface area (Å²) in [6, 6.07) is 6.05. The van der Waals surface area contributed by atoms with Crippen LogP contribution >= 0.6 is 0 Å². The number of nitrogens with one attached hydrogen (secondary N) is 2. The van der Waals surface area contributed by atoms with Crippen LogP contribution in [0, 0.1) is 0 Å². The Morgan fingerprint density at radius 3 is 2.79 bits per heavy atom. The number of rotatable bonds is 8. The zero-order chi connectivity index (χ0) is 17.2. The van der Waals surface area contributed by atoms with Crippen LogP contribution in [0.25, 0.3) is 0 Å². The summed E-state index contributed by atoms with van der Waals surface area (Å²) in [6.45, 7) is 5.71. The molecular weight excluding hydrogens is 302 g/mol. The van der Waals surface area contributed by atoms with Gasteiger partial charge in [0.2, 0.25) is 0 Å². The third-order valence-corrected chi connectivity index (χ3v) is 4.06. The van der Waals surface area contributed by atoms with E-state index in [9.17, 15) is 0 Å². The smallest absolute Gasteiger partial charge is 0.191 e. The molecule has 6 heteroatoms. The van der Waals surface area contributed by atoms with E-state index in [0.29, 0.717) is 12.5 Å². The van der Waals surface area contributed by atoms with Crippen molar-refractivity contribution in [2.75, 3.05) is 13.6 Å². The summed E-state index contributed by atoms with van der Waals surface area (Å²) in [6.07, 6.45) is 6.72. The van der Waals surface area contributed by atoms with Crippen molar-refractivity contribution in [1.82, 2.24) is 20.8 Å². The lowest BCUT2D eigenvalue weighted by Gasteiger charge is -2.10. The number of hydrogen-bond donors (Lipinski definition) is 2. The van der Waals surface area contributed by atoms with E-state index in [4.69, 9.17) is 4.52 Å². The number of nitrogens with zero attached hydrogens (tertiary/aromatic N) is 3. The molecule has 0 saturated heterocycles. The maximum atomic E-state index is 5.41. The first kappa shape index (κ1) is 18.0. The van der Waals surface area contributed by atoms with E-state index >= 15 is 0 Å². The van der Waals surface area contributed by atoms with Gasteiger partial charge in [0, 0.05) is 38.0 Å². The third-order valence-electron chi connectivity index (χ3n) is 4.06. The van der Waals surface area contributed by atoms with E-state index in [1.807, 2.05) is 18.3 Å². The predicted molar refractivity (Wildman–Crippen MR) is 96.0 cm³/mol. The van der Waals surface area contributed by atoms with Crippen molar-refractivity contribution in [3.8, 4) is 0 Å². The molecule has 130 valence electrons. The Labute approximate surface area is 143 Å². The Morgan fingerprint density at radius 1 is 1.29 bits per heavy atom. The highest BCUT2D eigenvalue weighted by Crippen LogP contribution is 2.22. The summed E-state index contributed by atoms with van der Waals surface area (Å²) in [7, 11) is 1.76. The van der Waals surface area contributed by atoms with Crippen molar-refractivity contribution in [1.29, 1.82) is 0 Å². The maximum Gasteiger partial charge on any atom is 0.191 e. The van der Waals surface area contributed by atoms with Gasteiger partial charge in [-0.3, -0.25) is 9.98 Å². The van der Waals surface area contributed by atoms with Crippen molar-refractivity contribution >= 4 is 5.96 Å². The van der Waals surface area contributed by atoms with E-state index in [1.54, 1.807) is 13.2 Å². The molecule has 0 amide bonds. The Balaban J connectivity index is 1.77. The van der Waals surface area contributed by atoms with Crippen molar-refractivity contribution in [2.24, 2.45) is 4.99 Å². The first-order valence-corrected chi connectivity index (χ1v) is 8.55. The Morgan fingerprint density at radius 2 is 2.12 bits per heavy atom. The minimum Gasteiger partial charge on any atom is -0.359 e. The van der Waals surface area contributed by atoms with E-state index in [2.05, 4.69) is 45.7 Å². The molecule has 0 bridgehead atoms. The molecule has 0 spiro atoms. The minimum absolute atomic E-state index is 0.472. The van der Waals surface area contributed by atoms with Crippen LogP contribution < -0.4 is 10.6 Å². The van der Waals surface area contributed by atoms with Crippen LogP contribution in [-0.4, -0.2) is 29.7 Å². The van der Waals surface area contributed by atoms with Gasteiger partial charge in [0.15, 0.2) is 11.7 Å². The van der Waals surface area contributed by atoms with Gasteiger partial charge in [-0.1, -0.05) is 25.1 Å². The topological polar surface area (TPSA) is 75.3 Å². The fraction of sp³-hybridized carbons (Fsp3) is 0.500. The minimum atomic E-state index is 0.472. The zero-order valence-corrected chi connectivity index (χ0v) is 14.7. The van der Waals surface area contributed by atoms with E-state index in [-0.39, 0.29) is 0 Å². The highest BCUT2D eigenvalue weighted by molar-refractivity contribution is 5.79. The van der Waals surface area contributed by atoms with Gasteiger partial charge < -0.3 is 15.2 Å². The molecule has 0 atom stereocenters. The van der Waals surface area contributed by atoms with E-state index in [1.165, 1.54) is 5.56 Å². The molecule has 6 nitrogen and oxygen atoms in total. The van der Waals surface area contributed by atoms with Crippen LogP contribution in [-0.2, 0) is 13.0 Å². The van der Waals surface area contributed by atoms with Crippen LogP contribution in [0.2, 0.25) is 0 Å². The molecule has 0 saturated carbocycles. The summed E-state index contributed by atoms with van der Waals surface area (Å²) in [4.78, 5) is 8.34. The number of aliphatic imine (C=N–C) groups is 1. The Hall–Kier alpha value is -2.37. The molecule has 2 heterocycles. The molecule has 0 aliphatic heterocycles. The monoisotopic (exact) mass is 329 g/mol. The number of aromatic nitrogens is 2.